The van der Waals surface area contributed by atoms with Crippen molar-refractivity contribution in [3.05, 3.63) is 48.2 Å². The van der Waals surface area contributed by atoms with Crippen LogP contribution in [0.4, 0.5) is 10.2 Å². The summed E-state index contributed by atoms with van der Waals surface area (Å²) in [4.78, 5) is 22.7. The number of halogens is 1. The van der Waals surface area contributed by atoms with Crippen LogP contribution in [0.1, 0.15) is 10.4 Å². The van der Waals surface area contributed by atoms with Crippen LogP contribution in [0.3, 0.4) is 0 Å². The van der Waals surface area contributed by atoms with Crippen LogP contribution in [0.5, 0.6) is 0 Å². The maximum absolute atomic E-state index is 13.2. The van der Waals surface area contributed by atoms with Crippen molar-refractivity contribution in [1.82, 2.24) is 15.0 Å². The van der Waals surface area contributed by atoms with Gasteiger partial charge in [0, 0.05) is 29.4 Å². The Balaban J connectivity index is 2.25. The molecule has 6 nitrogen and oxygen atoms in total. The summed E-state index contributed by atoms with van der Waals surface area (Å²) in [5.41, 5.74) is 7.01. The minimum absolute atomic E-state index is 0.0131. The third kappa shape index (κ3) is 2.25. The number of pyridine rings is 3. The minimum Gasteiger partial charge on any atom is -0.478 e. The molecule has 0 bridgehead atoms. The summed E-state index contributed by atoms with van der Waals surface area (Å²) in [5, 5.41) is 9.51. The van der Waals surface area contributed by atoms with Gasteiger partial charge < -0.3 is 10.8 Å². The van der Waals surface area contributed by atoms with Crippen LogP contribution >= 0.6 is 0 Å². The van der Waals surface area contributed by atoms with Gasteiger partial charge in [0.05, 0.1) is 11.3 Å². The Morgan fingerprint density at radius 2 is 2.05 bits per heavy atom. The van der Waals surface area contributed by atoms with E-state index in [4.69, 9.17) is 10.8 Å². The number of hydrogen-bond donors (Lipinski definition) is 2. The van der Waals surface area contributed by atoms with Gasteiger partial charge in [-0.2, -0.15) is 4.39 Å². The van der Waals surface area contributed by atoms with E-state index in [-0.39, 0.29) is 16.9 Å². The van der Waals surface area contributed by atoms with Crippen LogP contribution in [0.25, 0.3) is 22.2 Å². The first-order valence-electron chi connectivity index (χ1n) is 5.96. The molecule has 0 aliphatic rings. The van der Waals surface area contributed by atoms with Crippen molar-refractivity contribution in [3.63, 3.8) is 0 Å². The fourth-order valence-corrected chi connectivity index (χ4v) is 2.03. The predicted molar refractivity (Wildman–Crippen MR) is 74.1 cm³/mol. The fraction of sp³-hybridized carbons (Fsp3) is 0. The molecule has 3 aromatic rings. The van der Waals surface area contributed by atoms with Crippen molar-refractivity contribution in [3.8, 4) is 11.3 Å². The Kier molecular flexibility index (Phi) is 2.94. The summed E-state index contributed by atoms with van der Waals surface area (Å²) in [6.45, 7) is 0. The summed E-state index contributed by atoms with van der Waals surface area (Å²) < 4.78 is 13.2. The zero-order valence-electron chi connectivity index (χ0n) is 10.6. The van der Waals surface area contributed by atoms with Crippen LogP contribution < -0.4 is 5.73 Å². The van der Waals surface area contributed by atoms with Crippen molar-refractivity contribution in [2.24, 2.45) is 0 Å². The van der Waals surface area contributed by atoms with E-state index in [2.05, 4.69) is 15.0 Å². The van der Waals surface area contributed by atoms with Crippen LogP contribution in [0.2, 0.25) is 0 Å². The van der Waals surface area contributed by atoms with E-state index in [0.717, 1.165) is 0 Å². The number of aromatic carboxylic acids is 1. The average Bonchev–Trinajstić information content (AvgIpc) is 2.47. The quantitative estimate of drug-likeness (QED) is 0.699. The molecule has 7 heteroatoms. The van der Waals surface area contributed by atoms with E-state index in [1.165, 1.54) is 18.5 Å². The molecule has 3 heterocycles. The molecule has 0 atom stereocenters. The summed E-state index contributed by atoms with van der Waals surface area (Å²) in [7, 11) is 0. The van der Waals surface area contributed by atoms with E-state index in [9.17, 15) is 9.18 Å². The number of carbonyl (C=O) groups is 1. The number of nitrogens with zero attached hydrogens (tertiary/aromatic N) is 3. The number of nitrogens with two attached hydrogens (primary N) is 1. The van der Waals surface area contributed by atoms with Gasteiger partial charge in [0.1, 0.15) is 11.3 Å². The number of carboxylic acid groups (broad SMARTS) is 1. The SMILES string of the molecule is Nc1ncc(C(=O)O)c2ccc(-c3ccnc(F)c3)nc12. The Morgan fingerprint density at radius 3 is 2.76 bits per heavy atom. The number of aromatic nitrogens is 3. The second-order valence-electron chi connectivity index (χ2n) is 4.32. The molecule has 0 saturated heterocycles. The minimum atomic E-state index is -1.11. The van der Waals surface area contributed by atoms with Gasteiger partial charge >= 0.3 is 5.97 Å². The number of carboxylic acids is 1. The monoisotopic (exact) mass is 284 g/mol. The van der Waals surface area contributed by atoms with Gasteiger partial charge in [-0.25, -0.2) is 19.7 Å². The van der Waals surface area contributed by atoms with Gasteiger partial charge in [-0.3, -0.25) is 0 Å². The zero-order chi connectivity index (χ0) is 15.0. The van der Waals surface area contributed by atoms with E-state index < -0.39 is 11.9 Å². The van der Waals surface area contributed by atoms with Gasteiger partial charge in [-0.1, -0.05) is 0 Å². The fourth-order valence-electron chi connectivity index (χ4n) is 2.03. The molecule has 0 fully saturated rings. The Morgan fingerprint density at radius 1 is 1.24 bits per heavy atom. The lowest BCUT2D eigenvalue weighted by Gasteiger charge is -2.07. The molecule has 0 spiro atoms. The second-order valence-corrected chi connectivity index (χ2v) is 4.32. The summed E-state index contributed by atoms with van der Waals surface area (Å²) in [6.07, 6.45) is 2.51. The third-order valence-corrected chi connectivity index (χ3v) is 3.01. The van der Waals surface area contributed by atoms with Crippen molar-refractivity contribution >= 4 is 22.7 Å². The molecular weight excluding hydrogens is 275 g/mol. The van der Waals surface area contributed by atoms with Gasteiger partial charge in [0.25, 0.3) is 0 Å². The first-order chi connectivity index (χ1) is 10.1. The standard InChI is InChI=1S/C14H9FN4O2/c15-11-5-7(3-4-17-11)10-2-1-8-9(14(20)21)6-18-13(16)12(8)19-10/h1-6H,(H2,16,18)(H,20,21). The highest BCUT2D eigenvalue weighted by Crippen LogP contribution is 2.25. The summed E-state index contributed by atoms with van der Waals surface area (Å²) in [5.74, 6) is -1.62. The molecule has 3 aromatic heterocycles. The van der Waals surface area contributed by atoms with Crippen molar-refractivity contribution < 1.29 is 14.3 Å². The molecule has 104 valence electrons. The number of fused-ring (bicyclic) bond motifs is 1. The van der Waals surface area contributed by atoms with E-state index in [1.54, 1.807) is 18.2 Å². The van der Waals surface area contributed by atoms with Crippen molar-refractivity contribution in [2.75, 3.05) is 5.73 Å². The third-order valence-electron chi connectivity index (χ3n) is 3.01. The van der Waals surface area contributed by atoms with Crippen LogP contribution in [0.15, 0.2) is 36.7 Å². The molecule has 0 radical (unpaired) electrons. The van der Waals surface area contributed by atoms with Gasteiger partial charge in [-0.15, -0.1) is 0 Å². The lowest BCUT2D eigenvalue weighted by atomic mass is 10.1. The van der Waals surface area contributed by atoms with Crippen molar-refractivity contribution in [1.29, 1.82) is 0 Å². The number of anilines is 1. The normalized spacial score (nSPS) is 10.7. The lowest BCUT2D eigenvalue weighted by Crippen LogP contribution is -2.03. The average molecular weight is 284 g/mol. The van der Waals surface area contributed by atoms with Gasteiger partial charge in [0.2, 0.25) is 5.95 Å². The first-order valence-corrected chi connectivity index (χ1v) is 5.96. The van der Waals surface area contributed by atoms with Crippen LogP contribution in [0, 0.1) is 5.95 Å². The number of hydrogen-bond acceptors (Lipinski definition) is 5. The largest absolute Gasteiger partial charge is 0.478 e. The molecule has 0 aliphatic heterocycles. The van der Waals surface area contributed by atoms with E-state index >= 15 is 0 Å². The van der Waals surface area contributed by atoms with Crippen LogP contribution in [-0.2, 0) is 0 Å². The number of nitrogen functional groups attached to an aromatic ring is 1. The van der Waals surface area contributed by atoms with E-state index in [1.807, 2.05) is 0 Å². The second kappa shape index (κ2) is 4.78. The molecule has 0 unspecified atom stereocenters. The lowest BCUT2D eigenvalue weighted by molar-refractivity contribution is 0.0698. The highest BCUT2D eigenvalue weighted by atomic mass is 19.1. The predicted octanol–water partition coefficient (Wildman–Crippen LogP) is 2.11. The highest BCUT2D eigenvalue weighted by molar-refractivity contribution is 6.05. The molecule has 0 saturated carbocycles. The summed E-state index contributed by atoms with van der Waals surface area (Å²) in [6, 6.07) is 6.02. The van der Waals surface area contributed by atoms with Gasteiger partial charge in [0.15, 0.2) is 0 Å². The molecule has 0 aromatic carbocycles. The highest BCUT2D eigenvalue weighted by Gasteiger charge is 2.13. The summed E-state index contributed by atoms with van der Waals surface area (Å²) >= 11 is 0. The Labute approximate surface area is 118 Å². The van der Waals surface area contributed by atoms with E-state index in [0.29, 0.717) is 16.6 Å². The molecule has 3 N–H and O–H groups in total. The molecular formula is C14H9FN4O2. The van der Waals surface area contributed by atoms with Gasteiger partial charge in [-0.05, 0) is 18.2 Å². The number of rotatable bonds is 2. The maximum atomic E-state index is 13.2. The molecule has 0 amide bonds. The molecule has 0 aliphatic carbocycles. The molecule has 21 heavy (non-hydrogen) atoms. The van der Waals surface area contributed by atoms with Crippen molar-refractivity contribution in [2.45, 2.75) is 0 Å². The zero-order valence-corrected chi connectivity index (χ0v) is 10.6. The smallest absolute Gasteiger partial charge is 0.337 e. The van der Waals surface area contributed by atoms with Crippen LogP contribution in [-0.4, -0.2) is 26.0 Å². The Bertz CT molecular complexity index is 867. The Hall–Kier alpha value is -3.09. The first kappa shape index (κ1) is 12.9. The molecule has 3 rings (SSSR count). The topological polar surface area (TPSA) is 102 Å². The maximum Gasteiger partial charge on any atom is 0.337 e.